The minimum Gasteiger partial charge on any atom is -0.493 e. The summed E-state index contributed by atoms with van der Waals surface area (Å²) in [7, 11) is 1.33. The van der Waals surface area contributed by atoms with Crippen LogP contribution in [0, 0.1) is 22.8 Å². The third kappa shape index (κ3) is 7.82. The molecule has 0 amide bonds. The van der Waals surface area contributed by atoms with E-state index in [1.807, 2.05) is 6.92 Å². The Labute approximate surface area is 202 Å². The van der Waals surface area contributed by atoms with Crippen LogP contribution >= 0.6 is 67.8 Å². The fourth-order valence-corrected chi connectivity index (χ4v) is 6.44. The number of ether oxygens (including phenoxy) is 2. The molecule has 0 aromatic heterocycles. The predicted octanol–water partition coefficient (Wildman–Crippen LogP) is 5.49. The normalized spacial score (nSPS) is 12.0. The fraction of sp³-hybridized carbons (Fsp3) is 0.579. The molecular weight excluding hydrogens is 687 g/mol. The number of nitrogens with zero attached hydrogens (tertiary/aromatic N) is 1. The van der Waals surface area contributed by atoms with Gasteiger partial charge in [-0.05, 0) is 79.5 Å². The van der Waals surface area contributed by atoms with Gasteiger partial charge in [0.2, 0.25) is 6.61 Å². The van der Waals surface area contributed by atoms with Crippen molar-refractivity contribution in [3.8, 4) is 5.75 Å². The lowest BCUT2D eigenvalue weighted by atomic mass is 9.83. The van der Waals surface area contributed by atoms with Crippen LogP contribution in [0.15, 0.2) is 17.3 Å². The van der Waals surface area contributed by atoms with Crippen LogP contribution in [0.2, 0.25) is 0 Å². The van der Waals surface area contributed by atoms with Crippen molar-refractivity contribution < 1.29 is 19.1 Å². The summed E-state index contributed by atoms with van der Waals surface area (Å²) >= 11 is 7.13. The first-order chi connectivity index (χ1) is 12.8. The van der Waals surface area contributed by atoms with E-state index in [4.69, 9.17) is 9.57 Å². The monoisotopic (exact) mass is 713 g/mol. The number of benzene rings is 1. The van der Waals surface area contributed by atoms with Gasteiger partial charge in [0.15, 0.2) is 0 Å². The van der Waals surface area contributed by atoms with E-state index in [1.54, 1.807) is 0 Å². The van der Waals surface area contributed by atoms with E-state index in [2.05, 4.69) is 104 Å². The third-order valence-electron chi connectivity index (χ3n) is 4.40. The molecule has 1 aromatic carbocycles. The third-order valence-corrected chi connectivity index (χ3v) is 8.49. The van der Waals surface area contributed by atoms with E-state index < -0.39 is 5.97 Å². The number of carbonyl (C=O) groups excluding carboxylic acids is 1. The molecule has 0 bridgehead atoms. The van der Waals surface area contributed by atoms with Crippen LogP contribution in [0.5, 0.6) is 5.75 Å². The lowest BCUT2D eigenvalue weighted by Crippen LogP contribution is -2.34. The average molecular weight is 713 g/mol. The maximum Gasteiger partial charge on any atom is 0.346 e. The molecule has 1 aromatic rings. The number of hydrogen-bond donors (Lipinski definition) is 0. The zero-order valence-electron chi connectivity index (χ0n) is 16.1. The largest absolute Gasteiger partial charge is 0.493 e. The summed E-state index contributed by atoms with van der Waals surface area (Å²) in [6, 6.07) is 4.26. The van der Waals surface area contributed by atoms with Gasteiger partial charge in [-0.15, -0.1) is 0 Å². The lowest BCUT2D eigenvalue weighted by Gasteiger charge is -2.29. The summed E-state index contributed by atoms with van der Waals surface area (Å²) in [5.41, 5.74) is 3.22. The van der Waals surface area contributed by atoms with Crippen LogP contribution < -0.4 is 4.74 Å². The van der Waals surface area contributed by atoms with Gasteiger partial charge >= 0.3 is 5.97 Å². The number of methoxy groups -OCH3 is 1. The van der Waals surface area contributed by atoms with Gasteiger partial charge in [-0.2, -0.15) is 0 Å². The molecular formula is C19H26I3NO4. The van der Waals surface area contributed by atoms with Crippen LogP contribution in [-0.2, 0) is 14.4 Å². The van der Waals surface area contributed by atoms with E-state index in [1.165, 1.54) is 16.2 Å². The van der Waals surface area contributed by atoms with Gasteiger partial charge in [0.1, 0.15) is 5.75 Å². The van der Waals surface area contributed by atoms with Crippen LogP contribution in [0.25, 0.3) is 0 Å². The Kier molecular flexibility index (Phi) is 11.8. The van der Waals surface area contributed by atoms with Crippen LogP contribution in [0.3, 0.4) is 0 Å². The van der Waals surface area contributed by atoms with Crippen molar-refractivity contribution >= 4 is 79.5 Å². The topological polar surface area (TPSA) is 57.1 Å². The summed E-state index contributed by atoms with van der Waals surface area (Å²) in [5.74, 6) is 0.520. The van der Waals surface area contributed by atoms with Gasteiger partial charge in [0.25, 0.3) is 0 Å². The molecule has 0 N–H and O–H groups in total. The van der Waals surface area contributed by atoms with Gasteiger partial charge in [-0.3, -0.25) is 0 Å². The molecule has 1 rings (SSSR count). The molecule has 0 aliphatic carbocycles. The molecule has 0 fully saturated rings. The van der Waals surface area contributed by atoms with Crippen molar-refractivity contribution in [3.05, 3.63) is 26.8 Å². The smallest absolute Gasteiger partial charge is 0.346 e. The Morgan fingerprint density at radius 1 is 1.19 bits per heavy atom. The minimum absolute atomic E-state index is 0.0718. The van der Waals surface area contributed by atoms with Gasteiger partial charge in [0.05, 0.1) is 19.4 Å². The van der Waals surface area contributed by atoms with Gasteiger partial charge in [0, 0.05) is 17.8 Å². The van der Waals surface area contributed by atoms with Crippen molar-refractivity contribution in [2.75, 3.05) is 29.2 Å². The van der Waals surface area contributed by atoms with Gasteiger partial charge < -0.3 is 14.3 Å². The van der Waals surface area contributed by atoms with Gasteiger partial charge in [-0.1, -0.05) is 50.3 Å². The molecule has 0 atom stereocenters. The van der Waals surface area contributed by atoms with Crippen LogP contribution in [0.1, 0.15) is 30.9 Å². The molecule has 0 radical (unpaired) electrons. The minimum atomic E-state index is -0.433. The Morgan fingerprint density at radius 3 is 2.44 bits per heavy atom. The molecule has 8 heteroatoms. The van der Waals surface area contributed by atoms with Crippen molar-refractivity contribution in [1.82, 2.24) is 0 Å². The molecule has 0 saturated heterocycles. The molecule has 0 aliphatic rings. The number of hydrogen-bond acceptors (Lipinski definition) is 5. The second-order valence-corrected chi connectivity index (χ2v) is 9.08. The second kappa shape index (κ2) is 12.7. The summed E-state index contributed by atoms with van der Waals surface area (Å²) in [4.78, 5) is 16.3. The quantitative estimate of drug-likeness (QED) is 0.0762. The summed E-state index contributed by atoms with van der Waals surface area (Å²) in [6.07, 6.45) is 1.86. The molecule has 27 heavy (non-hydrogen) atoms. The van der Waals surface area contributed by atoms with Crippen LogP contribution in [0.4, 0.5) is 0 Å². The number of carbonyl (C=O) groups is 1. The van der Waals surface area contributed by atoms with Crippen molar-refractivity contribution in [2.24, 2.45) is 10.6 Å². The first-order valence-electron chi connectivity index (χ1n) is 8.55. The number of oxime groups is 1. The molecule has 5 nitrogen and oxygen atoms in total. The Morgan fingerprint density at radius 2 is 1.85 bits per heavy atom. The summed E-state index contributed by atoms with van der Waals surface area (Å²) in [6.45, 7) is 6.63. The Balaban J connectivity index is 2.65. The molecule has 0 heterocycles. The highest BCUT2D eigenvalue weighted by Crippen LogP contribution is 2.32. The van der Waals surface area contributed by atoms with Gasteiger partial charge in [-0.25, -0.2) is 4.79 Å². The van der Waals surface area contributed by atoms with E-state index >= 15 is 0 Å². The zero-order valence-corrected chi connectivity index (χ0v) is 22.6. The van der Waals surface area contributed by atoms with E-state index in [-0.39, 0.29) is 12.0 Å². The zero-order chi connectivity index (χ0) is 20.4. The predicted molar refractivity (Wildman–Crippen MR) is 135 cm³/mol. The standard InChI is InChI=1S/C19H26I3NO4/c1-13-9-17(14(2)8-16(13)22)26-7-5-6-19(11-20,12-21)15(3)23-27-10-18(24)25-4/h8-9H,5-7,10-12H2,1-4H3. The van der Waals surface area contributed by atoms with Crippen molar-refractivity contribution in [2.45, 2.75) is 33.6 Å². The molecule has 0 aliphatic heterocycles. The average Bonchev–Trinajstić information content (AvgIpc) is 2.65. The van der Waals surface area contributed by atoms with E-state index in [0.717, 1.165) is 38.7 Å². The number of aryl methyl sites for hydroxylation is 2. The number of esters is 1. The molecule has 0 spiro atoms. The Hall–Kier alpha value is 0.150. The van der Waals surface area contributed by atoms with Crippen molar-refractivity contribution in [3.63, 3.8) is 0 Å². The fourth-order valence-electron chi connectivity index (χ4n) is 2.38. The van der Waals surface area contributed by atoms with Crippen LogP contribution in [-0.4, -0.2) is 40.9 Å². The molecule has 0 unspecified atom stereocenters. The first kappa shape index (κ1) is 25.2. The van der Waals surface area contributed by atoms with Crippen molar-refractivity contribution in [1.29, 1.82) is 0 Å². The number of rotatable bonds is 11. The summed E-state index contributed by atoms with van der Waals surface area (Å²) in [5, 5.41) is 4.16. The maximum absolute atomic E-state index is 11.2. The lowest BCUT2D eigenvalue weighted by molar-refractivity contribution is -0.145. The molecule has 0 saturated carbocycles. The SMILES string of the molecule is COC(=O)CON=C(C)C(CI)(CI)CCCOc1cc(C)c(I)cc1C. The highest BCUT2D eigenvalue weighted by atomic mass is 127. The van der Waals surface area contributed by atoms with E-state index in [9.17, 15) is 4.79 Å². The highest BCUT2D eigenvalue weighted by Gasteiger charge is 2.31. The van der Waals surface area contributed by atoms with E-state index in [0.29, 0.717) is 6.61 Å². The highest BCUT2D eigenvalue weighted by molar-refractivity contribution is 14.1. The Bertz CT molecular complexity index is 661. The summed E-state index contributed by atoms with van der Waals surface area (Å²) < 4.78 is 13.7. The maximum atomic E-state index is 11.2. The molecule has 152 valence electrons. The first-order valence-corrected chi connectivity index (χ1v) is 12.7. The number of alkyl halides is 2. The second-order valence-electron chi connectivity index (χ2n) is 6.39. The number of halogens is 3.